The van der Waals surface area contributed by atoms with E-state index in [4.69, 9.17) is 10.5 Å². The van der Waals surface area contributed by atoms with Crippen molar-refractivity contribution in [3.8, 4) is 0 Å². The molecule has 1 heterocycles. The maximum absolute atomic E-state index is 13.3. The van der Waals surface area contributed by atoms with Crippen molar-refractivity contribution in [2.75, 3.05) is 56.8 Å². The van der Waals surface area contributed by atoms with Gasteiger partial charge in [0.25, 0.3) is 10.0 Å². The Balaban J connectivity index is 1.23. The third-order valence-corrected chi connectivity index (χ3v) is 12.5. The molecule has 2 aliphatic rings. The maximum Gasteiger partial charge on any atom is 0.284 e. The van der Waals surface area contributed by atoms with Crippen molar-refractivity contribution in [3.63, 3.8) is 0 Å². The van der Waals surface area contributed by atoms with Crippen molar-refractivity contribution in [1.82, 2.24) is 4.90 Å². The Morgan fingerprint density at radius 3 is 2.38 bits per heavy atom. The molecule has 10 nitrogen and oxygen atoms in total. The van der Waals surface area contributed by atoms with Crippen LogP contribution in [0.1, 0.15) is 63.4 Å². The Labute approximate surface area is 302 Å². The second-order valence-corrected chi connectivity index (χ2v) is 16.6. The van der Waals surface area contributed by atoms with Gasteiger partial charge < -0.3 is 25.6 Å². The summed E-state index contributed by atoms with van der Waals surface area (Å²) in [7, 11) is 1.68. The fourth-order valence-corrected chi connectivity index (χ4v) is 9.04. The van der Waals surface area contributed by atoms with Crippen LogP contribution in [0.5, 0.6) is 0 Å². The fraction of sp³-hybridized carbons (Fsp3) is 0.500. The molecule has 1 saturated carbocycles. The number of ether oxygens (including phenoxy) is 1. The van der Waals surface area contributed by atoms with Gasteiger partial charge in [0.1, 0.15) is 11.5 Å². The molecule has 1 aliphatic heterocycles. The first-order valence-electron chi connectivity index (χ1n) is 17.7. The third-order valence-electron chi connectivity index (χ3n) is 10.1. The van der Waals surface area contributed by atoms with Gasteiger partial charge in [0.15, 0.2) is 0 Å². The molecule has 0 bridgehead atoms. The molecule has 1 aliphatic carbocycles. The van der Waals surface area contributed by atoms with Crippen molar-refractivity contribution in [2.45, 2.75) is 79.2 Å². The summed E-state index contributed by atoms with van der Waals surface area (Å²) in [6, 6.07) is 21.9. The van der Waals surface area contributed by atoms with E-state index in [-0.39, 0.29) is 28.1 Å². The second-order valence-electron chi connectivity index (χ2n) is 13.9. The summed E-state index contributed by atoms with van der Waals surface area (Å²) >= 11 is 1.72. The summed E-state index contributed by atoms with van der Waals surface area (Å²) in [4.78, 5) is 17.4. The summed E-state index contributed by atoms with van der Waals surface area (Å²) in [5, 5.41) is 6.58. The number of thioether (sulfide) groups is 1. The smallest absolute Gasteiger partial charge is 0.284 e. The van der Waals surface area contributed by atoms with E-state index in [0.717, 1.165) is 67.6 Å². The molecule has 12 heteroatoms. The van der Waals surface area contributed by atoms with Gasteiger partial charge in [0.2, 0.25) is 0 Å². The number of hydrogen-bond donors (Lipinski definition) is 2. The molecule has 3 aromatic carbocycles. The summed E-state index contributed by atoms with van der Waals surface area (Å²) in [5.41, 5.74) is 8.22. The molecular formula is C38H52N6O4S2. The van der Waals surface area contributed by atoms with E-state index in [1.807, 2.05) is 51.5 Å². The van der Waals surface area contributed by atoms with Crippen LogP contribution in [0.15, 0.2) is 92.2 Å². The van der Waals surface area contributed by atoms with Gasteiger partial charge in [-0.1, -0.05) is 50.3 Å². The van der Waals surface area contributed by atoms with Gasteiger partial charge in [-0.3, -0.25) is 0 Å². The highest BCUT2D eigenvalue weighted by molar-refractivity contribution is 7.99. The van der Waals surface area contributed by atoms with Crippen molar-refractivity contribution in [2.24, 2.45) is 21.2 Å². The number of nitrogens with two attached hydrogens (primary N) is 1. The average Bonchev–Trinajstić information content (AvgIpc) is 3.13. The summed E-state index contributed by atoms with van der Waals surface area (Å²) < 4.78 is 36.7. The minimum absolute atomic E-state index is 0.00141. The van der Waals surface area contributed by atoms with Gasteiger partial charge in [-0.25, -0.2) is 0 Å². The summed E-state index contributed by atoms with van der Waals surface area (Å²) in [6.07, 6.45) is 10.6. The Morgan fingerprint density at radius 1 is 1.04 bits per heavy atom. The quantitative estimate of drug-likeness (QED) is 0.0663. The van der Waals surface area contributed by atoms with Gasteiger partial charge in [-0.2, -0.15) is 8.42 Å². The second kappa shape index (κ2) is 17.7. The number of benzene rings is 3. The van der Waals surface area contributed by atoms with Crippen molar-refractivity contribution in [3.05, 3.63) is 83.3 Å². The molecule has 3 N–H and O–H groups in total. The number of anilines is 2. The van der Waals surface area contributed by atoms with Gasteiger partial charge in [0, 0.05) is 48.1 Å². The normalized spacial score (nSPS) is 17.8. The first kappa shape index (κ1) is 37.8. The van der Waals surface area contributed by atoms with Crippen molar-refractivity contribution in [1.29, 1.82) is 0 Å². The molecule has 1 saturated heterocycles. The number of nitrogens with one attached hydrogen (secondary N) is 1. The van der Waals surface area contributed by atoms with E-state index in [2.05, 4.69) is 36.8 Å². The number of hydrogen-bond acceptors (Lipinski definition) is 9. The van der Waals surface area contributed by atoms with Gasteiger partial charge in [0.05, 0.1) is 16.2 Å². The van der Waals surface area contributed by atoms with Crippen LogP contribution in [-0.2, 0) is 14.8 Å². The minimum atomic E-state index is -4.21. The summed E-state index contributed by atoms with van der Waals surface area (Å²) in [5.74, 6) is 1.40. The third kappa shape index (κ3) is 10.3. The van der Waals surface area contributed by atoms with Crippen LogP contribution in [-0.4, -0.2) is 77.4 Å². The minimum Gasteiger partial charge on any atom is -0.383 e. The van der Waals surface area contributed by atoms with Gasteiger partial charge in [-0.15, -0.1) is 21.1 Å². The maximum atomic E-state index is 13.3. The Kier molecular flexibility index (Phi) is 13.3. The highest BCUT2D eigenvalue weighted by Crippen LogP contribution is 2.39. The molecule has 2 fully saturated rings. The van der Waals surface area contributed by atoms with Gasteiger partial charge >= 0.3 is 0 Å². The number of nitroso groups, excluding NO2 is 1. The van der Waals surface area contributed by atoms with E-state index in [1.165, 1.54) is 44.2 Å². The molecular weight excluding hydrogens is 669 g/mol. The fourth-order valence-electron chi connectivity index (χ4n) is 7.07. The SMILES string of the molecule is COC1(CC2CCCCC2)CCN(c2ccc(C(N)=NS(=O)(=O)c3ccc(N[C@H](CCN(C)C)CSc4ccccc4)c(N=O)c3)cc2)CC1. The Bertz CT molecular complexity index is 1670. The molecule has 3 aromatic rings. The molecule has 0 unspecified atom stereocenters. The molecule has 0 aromatic heterocycles. The van der Waals surface area contributed by atoms with E-state index >= 15 is 0 Å². The lowest BCUT2D eigenvalue weighted by molar-refractivity contribution is -0.0506. The highest BCUT2D eigenvalue weighted by atomic mass is 32.2. The number of amidine groups is 1. The molecule has 0 spiro atoms. The molecule has 270 valence electrons. The number of sulfonamides is 1. The van der Waals surface area contributed by atoms with E-state index in [0.29, 0.717) is 11.3 Å². The lowest BCUT2D eigenvalue weighted by Crippen LogP contribution is -2.47. The van der Waals surface area contributed by atoms with Crippen LogP contribution in [0, 0.1) is 10.8 Å². The first-order chi connectivity index (χ1) is 24.1. The molecule has 50 heavy (non-hydrogen) atoms. The largest absolute Gasteiger partial charge is 0.383 e. The van der Waals surface area contributed by atoms with E-state index < -0.39 is 10.0 Å². The highest BCUT2D eigenvalue weighted by Gasteiger charge is 2.37. The Morgan fingerprint density at radius 2 is 1.74 bits per heavy atom. The standard InChI is InChI=1S/C38H52N6O4S2/c1-43(2)23-20-31(28-49-33-12-8-5-9-13-33)40-35-19-18-34(26-36(35)41-45)50(46,47)42-37(39)30-14-16-32(17-15-30)44-24-21-38(48-3,22-25-44)27-29-10-6-4-7-11-29/h5,8-9,12-19,26,29,31,40H,4,6-7,10-11,20-25,27-28H2,1-3H3,(H2,39,42)/t31-/m1/s1. The lowest BCUT2D eigenvalue weighted by Gasteiger charge is -2.44. The van der Waals surface area contributed by atoms with Gasteiger partial charge in [-0.05, 0) is 112 Å². The monoisotopic (exact) mass is 720 g/mol. The number of rotatable bonds is 16. The number of nitrogens with zero attached hydrogens (tertiary/aromatic N) is 4. The van der Waals surface area contributed by atoms with E-state index in [1.54, 1.807) is 30.0 Å². The predicted molar refractivity (Wildman–Crippen MR) is 206 cm³/mol. The first-order valence-corrected chi connectivity index (χ1v) is 20.1. The van der Waals surface area contributed by atoms with E-state index in [9.17, 15) is 13.3 Å². The Hall–Kier alpha value is -3.45. The van der Waals surface area contributed by atoms with Crippen LogP contribution in [0.25, 0.3) is 0 Å². The number of methoxy groups -OCH3 is 1. The zero-order valence-electron chi connectivity index (χ0n) is 29.6. The summed E-state index contributed by atoms with van der Waals surface area (Å²) in [6.45, 7) is 2.64. The molecule has 1 atom stereocenters. The van der Waals surface area contributed by atoms with Crippen LogP contribution in [0.4, 0.5) is 17.1 Å². The zero-order chi connectivity index (χ0) is 35.6. The van der Waals surface area contributed by atoms with Crippen LogP contribution < -0.4 is 16.0 Å². The molecule has 5 rings (SSSR count). The zero-order valence-corrected chi connectivity index (χ0v) is 31.2. The molecule has 0 radical (unpaired) electrons. The van der Waals surface area contributed by atoms with Crippen LogP contribution in [0.3, 0.4) is 0 Å². The molecule has 0 amide bonds. The van der Waals surface area contributed by atoms with Crippen LogP contribution in [0.2, 0.25) is 0 Å². The average molecular weight is 721 g/mol. The predicted octanol–water partition coefficient (Wildman–Crippen LogP) is 7.66. The van der Waals surface area contributed by atoms with Crippen LogP contribution >= 0.6 is 11.8 Å². The van der Waals surface area contributed by atoms with Crippen molar-refractivity contribution >= 4 is 44.7 Å². The topological polar surface area (TPSA) is 130 Å². The van der Waals surface area contributed by atoms with Crippen molar-refractivity contribution < 1.29 is 13.2 Å². The lowest BCUT2D eigenvalue weighted by atomic mass is 9.77. The number of piperidine rings is 1.